The number of aromatic nitrogens is 2. The third kappa shape index (κ3) is 4.42. The normalized spacial score (nSPS) is 11.3. The highest BCUT2D eigenvalue weighted by Gasteiger charge is 2.23. The minimum absolute atomic E-state index is 0.0792. The molecule has 0 aliphatic carbocycles. The van der Waals surface area contributed by atoms with Gasteiger partial charge in [0, 0.05) is 16.9 Å². The molecule has 0 bridgehead atoms. The fourth-order valence-corrected chi connectivity index (χ4v) is 4.03. The van der Waals surface area contributed by atoms with Gasteiger partial charge in [-0.05, 0) is 19.1 Å². The van der Waals surface area contributed by atoms with Crippen LogP contribution in [-0.2, 0) is 4.79 Å². The van der Waals surface area contributed by atoms with E-state index in [0.29, 0.717) is 21.7 Å². The summed E-state index contributed by atoms with van der Waals surface area (Å²) in [6.07, 6.45) is 0. The van der Waals surface area contributed by atoms with Gasteiger partial charge in [0.05, 0.1) is 29.1 Å². The predicted molar refractivity (Wildman–Crippen MR) is 114 cm³/mol. The van der Waals surface area contributed by atoms with E-state index in [1.54, 1.807) is 25.3 Å². The van der Waals surface area contributed by atoms with Crippen molar-refractivity contribution in [2.45, 2.75) is 27.7 Å². The Hall–Kier alpha value is -2.65. The summed E-state index contributed by atoms with van der Waals surface area (Å²) in [5.41, 5.74) is 1.72. The summed E-state index contributed by atoms with van der Waals surface area (Å²) in [5, 5.41) is 18.9. The summed E-state index contributed by atoms with van der Waals surface area (Å²) in [4.78, 5) is 22.1. The van der Waals surface area contributed by atoms with Gasteiger partial charge in [0.15, 0.2) is 10.3 Å². The van der Waals surface area contributed by atoms with Gasteiger partial charge in [-0.3, -0.25) is 4.79 Å². The monoisotopic (exact) mass is 418 g/mol. The van der Waals surface area contributed by atoms with Crippen molar-refractivity contribution >= 4 is 44.5 Å². The minimum atomic E-state index is -0.488. The van der Waals surface area contributed by atoms with E-state index in [1.807, 2.05) is 33.1 Å². The van der Waals surface area contributed by atoms with Crippen LogP contribution in [0.25, 0.3) is 10.6 Å². The Morgan fingerprint density at radius 1 is 1.21 bits per heavy atom. The van der Waals surface area contributed by atoms with E-state index in [9.17, 15) is 9.90 Å². The third-order valence-corrected chi connectivity index (χ3v) is 5.71. The number of carbonyl (C=O) groups excluding carboxylic acids is 1. The number of aryl methyl sites for hydroxylation is 1. The number of benzene rings is 1. The molecule has 3 N–H and O–H groups in total. The highest BCUT2D eigenvalue weighted by atomic mass is 32.1. The summed E-state index contributed by atoms with van der Waals surface area (Å²) in [7, 11) is 1.57. The van der Waals surface area contributed by atoms with E-state index in [1.165, 1.54) is 22.7 Å². The molecule has 0 saturated carbocycles. The summed E-state index contributed by atoms with van der Waals surface area (Å²) in [6.45, 7) is 7.47. The number of anilines is 3. The highest BCUT2D eigenvalue weighted by Crippen LogP contribution is 2.37. The average Bonchev–Trinajstić information content (AvgIpc) is 3.20. The SMILES string of the molecule is COc1ccc(O)cc1Nc1nc(-c2sc(NC(=O)C(C)(C)C)nc2C)cs1. The number of amides is 1. The Kier molecular flexibility index (Phi) is 5.57. The largest absolute Gasteiger partial charge is 0.508 e. The highest BCUT2D eigenvalue weighted by molar-refractivity contribution is 7.20. The molecule has 3 rings (SSSR count). The molecule has 0 aliphatic heterocycles. The maximum absolute atomic E-state index is 12.2. The standard InChI is InChI=1S/C19H22N4O3S2/c1-10-15(28-18(20-10)23-16(25)19(2,3)4)13-9-27-17(22-13)21-12-8-11(24)6-7-14(12)26-5/h6-9,24H,1-5H3,(H,21,22)(H,20,23,25). The Morgan fingerprint density at radius 2 is 1.96 bits per heavy atom. The summed E-state index contributed by atoms with van der Waals surface area (Å²) >= 11 is 2.83. The van der Waals surface area contributed by atoms with Crippen molar-refractivity contribution in [1.29, 1.82) is 0 Å². The van der Waals surface area contributed by atoms with Crippen LogP contribution < -0.4 is 15.4 Å². The zero-order valence-corrected chi connectivity index (χ0v) is 17.9. The van der Waals surface area contributed by atoms with Crippen molar-refractivity contribution < 1.29 is 14.6 Å². The molecule has 0 fully saturated rings. The van der Waals surface area contributed by atoms with Crippen LogP contribution in [0.1, 0.15) is 26.5 Å². The molecule has 3 aromatic rings. The molecule has 2 heterocycles. The first kappa shape index (κ1) is 20.1. The van der Waals surface area contributed by atoms with Crippen molar-refractivity contribution in [3.05, 3.63) is 29.3 Å². The van der Waals surface area contributed by atoms with Crippen LogP contribution in [0, 0.1) is 12.3 Å². The Bertz CT molecular complexity index is 1010. The fraction of sp³-hybridized carbons (Fsp3) is 0.316. The molecule has 0 atom stereocenters. The van der Waals surface area contributed by atoms with E-state index in [0.717, 1.165) is 16.3 Å². The molecule has 0 aliphatic rings. The van der Waals surface area contributed by atoms with Crippen molar-refractivity contribution in [3.63, 3.8) is 0 Å². The molecule has 0 unspecified atom stereocenters. The molecule has 9 heteroatoms. The third-order valence-electron chi connectivity index (χ3n) is 3.86. The number of hydrogen-bond donors (Lipinski definition) is 3. The van der Waals surface area contributed by atoms with Crippen molar-refractivity contribution in [3.8, 4) is 22.1 Å². The molecule has 0 saturated heterocycles. The maximum atomic E-state index is 12.2. The second-order valence-corrected chi connectivity index (χ2v) is 9.04. The smallest absolute Gasteiger partial charge is 0.231 e. The first-order chi connectivity index (χ1) is 13.2. The number of ether oxygens (including phenoxy) is 1. The Morgan fingerprint density at radius 3 is 2.64 bits per heavy atom. The molecular formula is C19H22N4O3S2. The predicted octanol–water partition coefficient (Wildman–Crippen LogP) is 5.02. The topological polar surface area (TPSA) is 96.4 Å². The van der Waals surface area contributed by atoms with Crippen LogP contribution in [0.2, 0.25) is 0 Å². The van der Waals surface area contributed by atoms with Gasteiger partial charge < -0.3 is 20.5 Å². The van der Waals surface area contributed by atoms with Crippen LogP contribution in [0.4, 0.5) is 16.0 Å². The number of rotatable bonds is 5. The lowest BCUT2D eigenvalue weighted by Crippen LogP contribution is -2.27. The van der Waals surface area contributed by atoms with Crippen LogP contribution >= 0.6 is 22.7 Å². The molecule has 7 nitrogen and oxygen atoms in total. The van der Waals surface area contributed by atoms with Gasteiger partial charge in [-0.25, -0.2) is 9.97 Å². The van der Waals surface area contributed by atoms with E-state index in [2.05, 4.69) is 20.6 Å². The molecule has 28 heavy (non-hydrogen) atoms. The lowest BCUT2D eigenvalue weighted by atomic mass is 9.96. The lowest BCUT2D eigenvalue weighted by Gasteiger charge is -2.15. The van der Waals surface area contributed by atoms with Gasteiger partial charge in [-0.1, -0.05) is 32.1 Å². The number of nitrogens with one attached hydrogen (secondary N) is 2. The van der Waals surface area contributed by atoms with E-state index < -0.39 is 5.41 Å². The Balaban J connectivity index is 1.81. The molecule has 0 spiro atoms. The number of carbonyl (C=O) groups is 1. The zero-order chi connectivity index (χ0) is 20.5. The Labute approximate surface area is 171 Å². The number of nitrogens with zero attached hydrogens (tertiary/aromatic N) is 2. The molecule has 148 valence electrons. The van der Waals surface area contributed by atoms with Gasteiger partial charge in [0.2, 0.25) is 5.91 Å². The fourth-order valence-electron chi connectivity index (χ4n) is 2.32. The lowest BCUT2D eigenvalue weighted by molar-refractivity contribution is -0.123. The second-order valence-electron chi connectivity index (χ2n) is 7.19. The second kappa shape index (κ2) is 7.76. The summed E-state index contributed by atoms with van der Waals surface area (Å²) < 4.78 is 5.31. The molecule has 2 aromatic heterocycles. The first-order valence-corrected chi connectivity index (χ1v) is 10.3. The number of aromatic hydroxyl groups is 1. The number of thiazole rings is 2. The summed E-state index contributed by atoms with van der Waals surface area (Å²) in [5.74, 6) is 0.665. The number of phenols is 1. The summed E-state index contributed by atoms with van der Waals surface area (Å²) in [6, 6.07) is 4.83. The zero-order valence-electron chi connectivity index (χ0n) is 16.3. The van der Waals surface area contributed by atoms with Crippen molar-refractivity contribution in [2.75, 3.05) is 17.7 Å². The number of methoxy groups -OCH3 is 1. The van der Waals surface area contributed by atoms with Crippen LogP contribution in [0.5, 0.6) is 11.5 Å². The van der Waals surface area contributed by atoms with Gasteiger partial charge in [-0.2, -0.15) is 0 Å². The van der Waals surface area contributed by atoms with Crippen LogP contribution in [0.15, 0.2) is 23.6 Å². The van der Waals surface area contributed by atoms with Gasteiger partial charge in [0.25, 0.3) is 0 Å². The molecule has 1 amide bonds. The van der Waals surface area contributed by atoms with Crippen LogP contribution in [-0.4, -0.2) is 28.1 Å². The van der Waals surface area contributed by atoms with Gasteiger partial charge >= 0.3 is 0 Å². The maximum Gasteiger partial charge on any atom is 0.231 e. The number of hydrogen-bond acceptors (Lipinski definition) is 8. The van der Waals surface area contributed by atoms with Gasteiger partial charge in [-0.15, -0.1) is 11.3 Å². The van der Waals surface area contributed by atoms with E-state index in [4.69, 9.17) is 4.74 Å². The quantitative estimate of drug-likeness (QED) is 0.538. The van der Waals surface area contributed by atoms with Gasteiger partial charge in [0.1, 0.15) is 11.5 Å². The van der Waals surface area contributed by atoms with Crippen molar-refractivity contribution in [2.24, 2.45) is 5.41 Å². The number of phenolic OH excluding ortho intramolecular Hbond substituents is 1. The molecular weight excluding hydrogens is 396 g/mol. The minimum Gasteiger partial charge on any atom is -0.508 e. The van der Waals surface area contributed by atoms with Crippen molar-refractivity contribution in [1.82, 2.24) is 9.97 Å². The molecule has 1 aromatic carbocycles. The first-order valence-electron chi connectivity index (χ1n) is 8.56. The molecule has 0 radical (unpaired) electrons. The average molecular weight is 419 g/mol. The van der Waals surface area contributed by atoms with E-state index >= 15 is 0 Å². The van der Waals surface area contributed by atoms with Crippen LogP contribution in [0.3, 0.4) is 0 Å². The van der Waals surface area contributed by atoms with E-state index in [-0.39, 0.29) is 11.7 Å².